The van der Waals surface area contributed by atoms with E-state index >= 15 is 0 Å². The second kappa shape index (κ2) is 5.83. The van der Waals surface area contributed by atoms with Gasteiger partial charge in [0.05, 0.1) is 6.10 Å². The summed E-state index contributed by atoms with van der Waals surface area (Å²) in [4.78, 5) is 13.7. The van der Waals surface area contributed by atoms with Crippen molar-refractivity contribution in [1.29, 1.82) is 0 Å². The minimum absolute atomic E-state index is 0.0740. The van der Waals surface area contributed by atoms with Crippen molar-refractivity contribution in [2.24, 2.45) is 5.92 Å². The highest BCUT2D eigenvalue weighted by molar-refractivity contribution is 5.68. The second-order valence-corrected chi connectivity index (χ2v) is 6.33. The Hall–Kier alpha value is -1.55. The number of nitrogens with zero attached hydrogens (tertiary/aromatic N) is 1. The van der Waals surface area contributed by atoms with E-state index in [1.165, 1.54) is 0 Å². The number of hydrogen-bond donors (Lipinski definition) is 1. The van der Waals surface area contributed by atoms with Gasteiger partial charge < -0.3 is 14.7 Å². The minimum Gasteiger partial charge on any atom is -0.444 e. The van der Waals surface area contributed by atoms with Crippen LogP contribution in [0, 0.1) is 5.92 Å². The van der Waals surface area contributed by atoms with Gasteiger partial charge in [0, 0.05) is 19.0 Å². The summed E-state index contributed by atoms with van der Waals surface area (Å²) in [6.07, 6.45) is -0.0149. The molecule has 0 unspecified atom stereocenters. The van der Waals surface area contributed by atoms with Crippen molar-refractivity contribution >= 4 is 6.09 Å². The van der Waals surface area contributed by atoms with E-state index in [1.54, 1.807) is 4.90 Å². The molecular weight excluding hydrogens is 254 g/mol. The SMILES string of the molecule is CC(C)(C)OC(=O)N1CC[C@H]([C@@H](O)c2ccccc2)C1. The predicted molar refractivity (Wildman–Crippen MR) is 77.3 cm³/mol. The third-order valence-corrected chi connectivity index (χ3v) is 3.46. The van der Waals surface area contributed by atoms with Crippen molar-refractivity contribution in [3.05, 3.63) is 35.9 Å². The molecule has 0 radical (unpaired) electrons. The highest BCUT2D eigenvalue weighted by Gasteiger charge is 2.33. The van der Waals surface area contributed by atoms with Crippen LogP contribution in [-0.2, 0) is 4.74 Å². The lowest BCUT2D eigenvalue weighted by Gasteiger charge is -2.25. The summed E-state index contributed by atoms with van der Waals surface area (Å²) in [5.41, 5.74) is 0.427. The molecule has 1 aliphatic heterocycles. The molecule has 0 aliphatic carbocycles. The van der Waals surface area contributed by atoms with Crippen LogP contribution >= 0.6 is 0 Å². The van der Waals surface area contributed by atoms with Crippen LogP contribution in [0.2, 0.25) is 0 Å². The first-order valence-corrected chi connectivity index (χ1v) is 7.08. The zero-order valence-corrected chi connectivity index (χ0v) is 12.4. The van der Waals surface area contributed by atoms with Gasteiger partial charge in [0.15, 0.2) is 0 Å². The van der Waals surface area contributed by atoms with E-state index in [1.807, 2.05) is 51.1 Å². The molecule has 1 aromatic rings. The Morgan fingerprint density at radius 3 is 2.60 bits per heavy atom. The van der Waals surface area contributed by atoms with Crippen LogP contribution in [0.15, 0.2) is 30.3 Å². The molecule has 1 amide bonds. The van der Waals surface area contributed by atoms with Crippen molar-refractivity contribution < 1.29 is 14.6 Å². The fourth-order valence-electron chi connectivity index (χ4n) is 2.46. The summed E-state index contributed by atoms with van der Waals surface area (Å²) in [5, 5.41) is 10.4. The molecule has 0 spiro atoms. The van der Waals surface area contributed by atoms with Crippen LogP contribution in [0.3, 0.4) is 0 Å². The molecule has 110 valence electrons. The number of aliphatic hydroxyl groups is 1. The molecule has 1 saturated heterocycles. The summed E-state index contributed by atoms with van der Waals surface area (Å²) in [6, 6.07) is 9.59. The summed E-state index contributed by atoms with van der Waals surface area (Å²) in [6.45, 7) is 6.76. The average molecular weight is 277 g/mol. The standard InChI is InChI=1S/C16H23NO3/c1-16(2,3)20-15(19)17-10-9-13(11-17)14(18)12-7-5-4-6-8-12/h4-8,13-14,18H,9-11H2,1-3H3/t13-,14-/m0/s1. The van der Waals surface area contributed by atoms with E-state index < -0.39 is 11.7 Å². The maximum atomic E-state index is 12.0. The van der Waals surface area contributed by atoms with Gasteiger partial charge in [-0.3, -0.25) is 0 Å². The molecular formula is C16H23NO3. The van der Waals surface area contributed by atoms with E-state index in [-0.39, 0.29) is 12.0 Å². The van der Waals surface area contributed by atoms with E-state index in [0.29, 0.717) is 13.1 Å². The first kappa shape index (κ1) is 14.9. The van der Waals surface area contributed by atoms with Crippen molar-refractivity contribution in [1.82, 2.24) is 4.90 Å². The van der Waals surface area contributed by atoms with Gasteiger partial charge >= 0.3 is 6.09 Å². The van der Waals surface area contributed by atoms with Crippen LogP contribution in [-0.4, -0.2) is 34.8 Å². The van der Waals surface area contributed by atoms with E-state index in [2.05, 4.69) is 0 Å². The van der Waals surface area contributed by atoms with Crippen molar-refractivity contribution in [3.8, 4) is 0 Å². The van der Waals surface area contributed by atoms with E-state index in [0.717, 1.165) is 12.0 Å². The van der Waals surface area contributed by atoms with Gasteiger partial charge in [0.1, 0.15) is 5.60 Å². The molecule has 0 bridgehead atoms. The van der Waals surface area contributed by atoms with Crippen LogP contribution < -0.4 is 0 Å². The zero-order valence-electron chi connectivity index (χ0n) is 12.4. The van der Waals surface area contributed by atoms with Crippen LogP contribution in [0.1, 0.15) is 38.9 Å². The molecule has 4 nitrogen and oxygen atoms in total. The molecule has 1 N–H and O–H groups in total. The van der Waals surface area contributed by atoms with E-state index in [4.69, 9.17) is 4.74 Å². The summed E-state index contributed by atoms with van der Waals surface area (Å²) in [5.74, 6) is 0.0740. The van der Waals surface area contributed by atoms with Crippen molar-refractivity contribution in [2.75, 3.05) is 13.1 Å². The van der Waals surface area contributed by atoms with Gasteiger partial charge in [0.25, 0.3) is 0 Å². The van der Waals surface area contributed by atoms with Gasteiger partial charge in [-0.1, -0.05) is 30.3 Å². The Kier molecular flexibility index (Phi) is 4.33. The number of rotatable bonds is 2. The number of carbonyl (C=O) groups excluding carboxylic acids is 1. The molecule has 2 rings (SSSR count). The smallest absolute Gasteiger partial charge is 0.410 e. The van der Waals surface area contributed by atoms with Crippen molar-refractivity contribution in [2.45, 2.75) is 38.9 Å². The van der Waals surface area contributed by atoms with Gasteiger partial charge in [0.2, 0.25) is 0 Å². The average Bonchev–Trinajstić information content (AvgIpc) is 2.86. The fraction of sp³-hybridized carbons (Fsp3) is 0.562. The number of aliphatic hydroxyl groups excluding tert-OH is 1. The fourth-order valence-corrected chi connectivity index (χ4v) is 2.46. The monoisotopic (exact) mass is 277 g/mol. The molecule has 1 aromatic carbocycles. The molecule has 0 saturated carbocycles. The first-order valence-electron chi connectivity index (χ1n) is 7.08. The third kappa shape index (κ3) is 3.73. The Morgan fingerprint density at radius 2 is 2.00 bits per heavy atom. The number of carbonyl (C=O) groups is 1. The Labute approximate surface area is 120 Å². The zero-order chi connectivity index (χ0) is 14.8. The van der Waals surface area contributed by atoms with Crippen LogP contribution in [0.5, 0.6) is 0 Å². The first-order chi connectivity index (χ1) is 9.37. The van der Waals surface area contributed by atoms with Crippen LogP contribution in [0.4, 0.5) is 4.79 Å². The topological polar surface area (TPSA) is 49.8 Å². The molecule has 1 heterocycles. The highest BCUT2D eigenvalue weighted by Crippen LogP contribution is 2.30. The minimum atomic E-state index is -0.524. The summed E-state index contributed by atoms with van der Waals surface area (Å²) in [7, 11) is 0. The lowest BCUT2D eigenvalue weighted by atomic mass is 9.95. The molecule has 2 atom stereocenters. The van der Waals surface area contributed by atoms with Gasteiger partial charge in [-0.05, 0) is 32.8 Å². The number of amides is 1. The number of ether oxygens (including phenoxy) is 1. The molecule has 1 fully saturated rings. The molecule has 4 heteroatoms. The largest absolute Gasteiger partial charge is 0.444 e. The highest BCUT2D eigenvalue weighted by atomic mass is 16.6. The summed E-state index contributed by atoms with van der Waals surface area (Å²) >= 11 is 0. The lowest BCUT2D eigenvalue weighted by Crippen LogP contribution is -2.35. The second-order valence-electron chi connectivity index (χ2n) is 6.33. The van der Waals surface area contributed by atoms with E-state index in [9.17, 15) is 9.90 Å². The summed E-state index contributed by atoms with van der Waals surface area (Å²) < 4.78 is 5.36. The third-order valence-electron chi connectivity index (χ3n) is 3.46. The number of hydrogen-bond acceptors (Lipinski definition) is 3. The lowest BCUT2D eigenvalue weighted by molar-refractivity contribution is 0.0268. The normalized spacial score (nSPS) is 20.8. The van der Waals surface area contributed by atoms with Gasteiger partial charge in [-0.25, -0.2) is 4.79 Å². The maximum absolute atomic E-state index is 12.0. The van der Waals surface area contributed by atoms with Gasteiger partial charge in [-0.2, -0.15) is 0 Å². The number of benzene rings is 1. The molecule has 1 aliphatic rings. The van der Waals surface area contributed by atoms with Crippen LogP contribution in [0.25, 0.3) is 0 Å². The van der Waals surface area contributed by atoms with Crippen molar-refractivity contribution in [3.63, 3.8) is 0 Å². The van der Waals surface area contributed by atoms with Gasteiger partial charge in [-0.15, -0.1) is 0 Å². The Morgan fingerprint density at radius 1 is 1.35 bits per heavy atom. The molecule has 20 heavy (non-hydrogen) atoms. The predicted octanol–water partition coefficient (Wildman–Crippen LogP) is 2.98. The molecule has 0 aromatic heterocycles. The Bertz CT molecular complexity index is 453. The maximum Gasteiger partial charge on any atom is 0.410 e. The number of likely N-dealkylation sites (tertiary alicyclic amines) is 1. The quantitative estimate of drug-likeness (QED) is 0.904. The Balaban J connectivity index is 1.94.